The highest BCUT2D eigenvalue weighted by atomic mass is 16.7. The van der Waals surface area contributed by atoms with E-state index in [0.717, 1.165) is 10.9 Å². The second-order valence-electron chi connectivity index (χ2n) is 3.14. The number of ether oxygens (including phenoxy) is 2. The van der Waals surface area contributed by atoms with Gasteiger partial charge >= 0.3 is 0 Å². The summed E-state index contributed by atoms with van der Waals surface area (Å²) in [6.07, 6.45) is -0.387. The van der Waals surface area contributed by atoms with E-state index in [4.69, 9.17) is 14.0 Å². The van der Waals surface area contributed by atoms with Crippen LogP contribution >= 0.6 is 0 Å². The molecule has 1 aromatic carbocycles. The molecule has 1 saturated heterocycles. The third kappa shape index (κ3) is 1.12. The zero-order valence-corrected chi connectivity index (χ0v) is 7.47. The molecule has 14 heavy (non-hydrogen) atoms. The van der Waals surface area contributed by atoms with Crippen molar-refractivity contribution >= 4 is 10.9 Å². The summed E-state index contributed by atoms with van der Waals surface area (Å²) in [7, 11) is 0. The lowest BCUT2D eigenvalue weighted by molar-refractivity contribution is -0.0606. The normalized spacial score (nSPS) is 18.0. The maximum Gasteiger partial charge on any atom is 0.220 e. The van der Waals surface area contributed by atoms with E-state index in [-0.39, 0.29) is 6.29 Å². The number of nitrogens with zero attached hydrogens (tertiary/aromatic N) is 1. The summed E-state index contributed by atoms with van der Waals surface area (Å²) in [4.78, 5) is 0. The van der Waals surface area contributed by atoms with E-state index < -0.39 is 0 Å². The van der Waals surface area contributed by atoms with Crippen molar-refractivity contribution in [1.82, 2.24) is 5.16 Å². The summed E-state index contributed by atoms with van der Waals surface area (Å²) in [5.41, 5.74) is 0.835. The van der Waals surface area contributed by atoms with Gasteiger partial charge in [-0.05, 0) is 12.1 Å². The maximum atomic E-state index is 5.35. The minimum Gasteiger partial charge on any atom is -0.355 e. The second-order valence-corrected chi connectivity index (χ2v) is 3.14. The van der Waals surface area contributed by atoms with E-state index in [1.165, 1.54) is 0 Å². The van der Waals surface area contributed by atoms with Crippen molar-refractivity contribution in [1.29, 1.82) is 0 Å². The van der Waals surface area contributed by atoms with Crippen LogP contribution in [0.1, 0.15) is 12.1 Å². The van der Waals surface area contributed by atoms with Gasteiger partial charge in [-0.25, -0.2) is 0 Å². The van der Waals surface area contributed by atoms with Gasteiger partial charge in [0.05, 0.1) is 18.6 Å². The molecule has 0 saturated carbocycles. The monoisotopic (exact) mass is 191 g/mol. The predicted octanol–water partition coefficient (Wildman–Crippen LogP) is 1.87. The molecule has 0 unspecified atom stereocenters. The molecule has 1 fully saturated rings. The molecule has 3 rings (SSSR count). The van der Waals surface area contributed by atoms with Crippen molar-refractivity contribution in [2.75, 3.05) is 13.2 Å². The molecule has 1 aromatic heterocycles. The zero-order valence-electron chi connectivity index (χ0n) is 7.47. The summed E-state index contributed by atoms with van der Waals surface area (Å²) in [6.45, 7) is 1.22. The van der Waals surface area contributed by atoms with E-state index in [1.807, 2.05) is 24.3 Å². The minimum atomic E-state index is -0.387. The number of fused-ring (bicyclic) bond motifs is 1. The molecule has 72 valence electrons. The van der Waals surface area contributed by atoms with Crippen LogP contribution in [0, 0.1) is 0 Å². The van der Waals surface area contributed by atoms with Crippen LogP contribution in [-0.2, 0) is 9.47 Å². The molecule has 2 aromatic rings. The van der Waals surface area contributed by atoms with Gasteiger partial charge < -0.3 is 14.0 Å². The van der Waals surface area contributed by atoms with Gasteiger partial charge in [-0.3, -0.25) is 0 Å². The van der Waals surface area contributed by atoms with E-state index in [2.05, 4.69) is 5.16 Å². The quantitative estimate of drug-likeness (QED) is 0.690. The fraction of sp³-hybridized carbons (Fsp3) is 0.300. The molecule has 0 bridgehead atoms. The standard InChI is InChI=1S/C10H9NO3/c1-2-4-8-7(3-1)9(14-11-8)10-12-5-6-13-10/h1-4,10H,5-6H2. The molecule has 4 nitrogen and oxygen atoms in total. The van der Waals surface area contributed by atoms with Crippen molar-refractivity contribution in [2.45, 2.75) is 6.29 Å². The van der Waals surface area contributed by atoms with Crippen LogP contribution in [-0.4, -0.2) is 18.4 Å². The molecular formula is C10H9NO3. The van der Waals surface area contributed by atoms with Crippen LogP contribution in [0.5, 0.6) is 0 Å². The van der Waals surface area contributed by atoms with Crippen LogP contribution in [0.2, 0.25) is 0 Å². The molecule has 1 aliphatic rings. The highest BCUT2D eigenvalue weighted by Crippen LogP contribution is 2.29. The highest BCUT2D eigenvalue weighted by molar-refractivity contribution is 5.80. The Kier molecular flexibility index (Phi) is 1.75. The average Bonchev–Trinajstić information content (AvgIpc) is 2.85. The summed E-state index contributed by atoms with van der Waals surface area (Å²) >= 11 is 0. The Hall–Kier alpha value is -1.39. The van der Waals surface area contributed by atoms with Gasteiger partial charge in [-0.15, -0.1) is 0 Å². The van der Waals surface area contributed by atoms with E-state index in [0.29, 0.717) is 19.0 Å². The van der Waals surface area contributed by atoms with Gasteiger partial charge in [-0.2, -0.15) is 0 Å². The number of hydrogen-bond donors (Lipinski definition) is 0. The van der Waals surface area contributed by atoms with E-state index in [9.17, 15) is 0 Å². The van der Waals surface area contributed by atoms with Gasteiger partial charge in [0.1, 0.15) is 5.52 Å². The van der Waals surface area contributed by atoms with Crippen molar-refractivity contribution in [2.24, 2.45) is 0 Å². The molecule has 0 aliphatic carbocycles. The summed E-state index contributed by atoms with van der Waals surface area (Å²) in [6, 6.07) is 7.71. The Morgan fingerprint density at radius 2 is 1.93 bits per heavy atom. The van der Waals surface area contributed by atoms with Gasteiger partial charge in [-0.1, -0.05) is 17.3 Å². The van der Waals surface area contributed by atoms with E-state index in [1.54, 1.807) is 0 Å². The lowest BCUT2D eigenvalue weighted by atomic mass is 10.2. The Bertz CT molecular complexity index is 445. The van der Waals surface area contributed by atoms with Crippen LogP contribution in [0.4, 0.5) is 0 Å². The van der Waals surface area contributed by atoms with Gasteiger partial charge in [0.2, 0.25) is 12.1 Å². The topological polar surface area (TPSA) is 44.5 Å². The summed E-state index contributed by atoms with van der Waals surface area (Å²) in [5, 5.41) is 4.89. The lowest BCUT2D eigenvalue weighted by Crippen LogP contribution is -1.95. The molecule has 4 heteroatoms. The van der Waals surface area contributed by atoms with Gasteiger partial charge in [0.25, 0.3) is 0 Å². The molecule has 0 N–H and O–H groups in total. The Labute approximate surface area is 80.4 Å². The molecule has 2 heterocycles. The third-order valence-electron chi connectivity index (χ3n) is 2.25. The molecule has 1 aliphatic heterocycles. The molecule has 0 atom stereocenters. The Morgan fingerprint density at radius 3 is 2.79 bits per heavy atom. The highest BCUT2D eigenvalue weighted by Gasteiger charge is 2.24. The fourth-order valence-electron chi connectivity index (χ4n) is 1.59. The van der Waals surface area contributed by atoms with Crippen molar-refractivity contribution in [3.8, 4) is 0 Å². The third-order valence-corrected chi connectivity index (χ3v) is 2.25. The zero-order chi connectivity index (χ0) is 9.38. The Morgan fingerprint density at radius 1 is 1.14 bits per heavy atom. The van der Waals surface area contributed by atoms with Crippen molar-refractivity contribution in [3.05, 3.63) is 30.0 Å². The lowest BCUT2D eigenvalue weighted by Gasteiger charge is -2.03. The Balaban J connectivity index is 2.11. The largest absolute Gasteiger partial charge is 0.355 e. The first-order valence-corrected chi connectivity index (χ1v) is 4.53. The van der Waals surface area contributed by atoms with Crippen molar-refractivity contribution in [3.63, 3.8) is 0 Å². The molecular weight excluding hydrogens is 182 g/mol. The van der Waals surface area contributed by atoms with Crippen molar-refractivity contribution < 1.29 is 14.0 Å². The first-order valence-electron chi connectivity index (χ1n) is 4.53. The van der Waals surface area contributed by atoms with Crippen LogP contribution < -0.4 is 0 Å². The van der Waals surface area contributed by atoms with Gasteiger partial charge in [0, 0.05) is 0 Å². The van der Waals surface area contributed by atoms with Crippen LogP contribution in [0.15, 0.2) is 28.8 Å². The first kappa shape index (κ1) is 7.96. The molecule has 0 amide bonds. The van der Waals surface area contributed by atoms with Crippen LogP contribution in [0.25, 0.3) is 10.9 Å². The average molecular weight is 191 g/mol. The number of hydrogen-bond acceptors (Lipinski definition) is 4. The second kappa shape index (κ2) is 3.08. The summed E-state index contributed by atoms with van der Waals surface area (Å²) in [5.74, 6) is 0.665. The molecule has 0 spiro atoms. The van der Waals surface area contributed by atoms with Gasteiger partial charge in [0.15, 0.2) is 0 Å². The number of benzene rings is 1. The minimum absolute atomic E-state index is 0.387. The van der Waals surface area contributed by atoms with Crippen LogP contribution in [0.3, 0.4) is 0 Å². The fourth-order valence-corrected chi connectivity index (χ4v) is 1.59. The first-order chi connectivity index (χ1) is 6.95. The predicted molar refractivity (Wildman–Crippen MR) is 48.7 cm³/mol. The SMILES string of the molecule is c1ccc2c(C3OCCO3)onc2c1. The van der Waals surface area contributed by atoms with E-state index >= 15 is 0 Å². The molecule has 0 radical (unpaired) electrons. The summed E-state index contributed by atoms with van der Waals surface area (Å²) < 4.78 is 15.9. The number of rotatable bonds is 1. The number of aromatic nitrogens is 1. The smallest absolute Gasteiger partial charge is 0.220 e. The maximum absolute atomic E-state index is 5.35.